The zero-order chi connectivity index (χ0) is 23.5. The number of para-hydroxylation sites is 1. The first-order valence-electron chi connectivity index (χ1n) is 10.2. The number of anilines is 1. The smallest absolute Gasteiger partial charge is 0.295 e. The van der Waals surface area contributed by atoms with E-state index >= 15 is 0 Å². The Kier molecular flexibility index (Phi) is 6.36. The molecular formula is C23H24N6O3S. The molecule has 1 amide bonds. The fourth-order valence-corrected chi connectivity index (χ4v) is 4.16. The third kappa shape index (κ3) is 4.42. The molecule has 0 aliphatic carbocycles. The minimum Gasteiger partial charge on any atom is -0.497 e. The number of hydrogen-bond donors (Lipinski definition) is 1. The maximum Gasteiger partial charge on any atom is 0.295 e. The van der Waals surface area contributed by atoms with Crippen LogP contribution in [0.1, 0.15) is 5.69 Å². The van der Waals surface area contributed by atoms with E-state index in [-0.39, 0.29) is 22.9 Å². The quantitative estimate of drug-likeness (QED) is 0.423. The van der Waals surface area contributed by atoms with Gasteiger partial charge in [0.2, 0.25) is 5.91 Å². The molecule has 0 unspecified atom stereocenters. The topological polar surface area (TPSA) is 96.0 Å². The monoisotopic (exact) mass is 464 g/mol. The third-order valence-electron chi connectivity index (χ3n) is 5.33. The molecule has 0 atom stereocenters. The molecule has 170 valence electrons. The lowest BCUT2D eigenvalue weighted by Crippen LogP contribution is -2.23. The second kappa shape index (κ2) is 9.37. The number of rotatable bonds is 7. The first-order valence-corrected chi connectivity index (χ1v) is 11.2. The molecule has 0 bridgehead atoms. The van der Waals surface area contributed by atoms with Crippen molar-refractivity contribution < 1.29 is 9.53 Å². The molecule has 2 aromatic carbocycles. The fourth-order valence-electron chi connectivity index (χ4n) is 3.45. The molecule has 2 heterocycles. The van der Waals surface area contributed by atoms with Crippen molar-refractivity contribution in [3.63, 3.8) is 0 Å². The average molecular weight is 465 g/mol. The summed E-state index contributed by atoms with van der Waals surface area (Å²) in [4.78, 5) is 25.6. The summed E-state index contributed by atoms with van der Waals surface area (Å²) in [6.07, 6.45) is 0. The lowest BCUT2D eigenvalue weighted by molar-refractivity contribution is -0.113. The molecule has 0 aliphatic heterocycles. The summed E-state index contributed by atoms with van der Waals surface area (Å²) in [6, 6.07) is 16.8. The van der Waals surface area contributed by atoms with Crippen LogP contribution in [0.15, 0.2) is 64.5 Å². The summed E-state index contributed by atoms with van der Waals surface area (Å²) in [6.45, 7) is 1.80. The van der Waals surface area contributed by atoms with Crippen molar-refractivity contribution in [3.8, 4) is 22.8 Å². The summed E-state index contributed by atoms with van der Waals surface area (Å²) >= 11 is 1.25. The molecule has 0 radical (unpaired) electrons. The molecule has 2 aromatic heterocycles. The summed E-state index contributed by atoms with van der Waals surface area (Å²) in [5, 5.41) is 11.8. The SMILES string of the molecule is COc1ccc(-c2nnc(SCC(=O)Nc3c(C)n(C)n(-c4ccccc4)c3=O)n2C)cc1. The van der Waals surface area contributed by atoms with Crippen LogP contribution in [0.5, 0.6) is 5.75 Å². The lowest BCUT2D eigenvalue weighted by Gasteiger charge is -2.07. The Morgan fingerprint density at radius 2 is 1.76 bits per heavy atom. The van der Waals surface area contributed by atoms with Gasteiger partial charge in [-0.3, -0.25) is 14.3 Å². The number of methoxy groups -OCH3 is 1. The van der Waals surface area contributed by atoms with E-state index in [1.54, 1.807) is 25.8 Å². The van der Waals surface area contributed by atoms with Crippen molar-refractivity contribution in [1.29, 1.82) is 0 Å². The maximum absolute atomic E-state index is 13.0. The molecule has 33 heavy (non-hydrogen) atoms. The first kappa shape index (κ1) is 22.4. The number of amides is 1. The van der Waals surface area contributed by atoms with Gasteiger partial charge < -0.3 is 14.6 Å². The Morgan fingerprint density at radius 1 is 1.06 bits per heavy atom. The third-order valence-corrected chi connectivity index (χ3v) is 6.35. The van der Waals surface area contributed by atoms with Crippen LogP contribution in [0, 0.1) is 6.92 Å². The molecule has 4 aromatic rings. The van der Waals surface area contributed by atoms with Crippen LogP contribution in [0.2, 0.25) is 0 Å². The minimum absolute atomic E-state index is 0.0910. The number of nitrogens with zero attached hydrogens (tertiary/aromatic N) is 5. The number of nitrogens with one attached hydrogen (secondary N) is 1. The van der Waals surface area contributed by atoms with Crippen molar-refractivity contribution in [3.05, 3.63) is 70.6 Å². The number of benzene rings is 2. The Labute approximate surface area is 195 Å². The molecule has 0 fully saturated rings. The van der Waals surface area contributed by atoms with E-state index in [2.05, 4.69) is 15.5 Å². The highest BCUT2D eigenvalue weighted by Gasteiger charge is 2.19. The molecule has 0 aliphatic rings. The highest BCUT2D eigenvalue weighted by molar-refractivity contribution is 7.99. The Morgan fingerprint density at radius 3 is 2.42 bits per heavy atom. The molecule has 0 saturated carbocycles. The van der Waals surface area contributed by atoms with Gasteiger partial charge in [0.15, 0.2) is 11.0 Å². The van der Waals surface area contributed by atoms with Crippen LogP contribution in [0.3, 0.4) is 0 Å². The molecule has 9 nitrogen and oxygen atoms in total. The largest absolute Gasteiger partial charge is 0.497 e. The van der Waals surface area contributed by atoms with E-state index in [0.29, 0.717) is 16.7 Å². The molecule has 0 saturated heterocycles. The zero-order valence-electron chi connectivity index (χ0n) is 18.8. The summed E-state index contributed by atoms with van der Waals surface area (Å²) in [5.74, 6) is 1.24. The van der Waals surface area contributed by atoms with Gasteiger partial charge in [-0.1, -0.05) is 30.0 Å². The molecule has 0 spiro atoms. The van der Waals surface area contributed by atoms with Crippen LogP contribution in [0.4, 0.5) is 5.69 Å². The first-order chi connectivity index (χ1) is 15.9. The number of ether oxygens (including phenoxy) is 1. The predicted octanol–water partition coefficient (Wildman–Crippen LogP) is 3.02. The Hall–Kier alpha value is -3.79. The van der Waals surface area contributed by atoms with Gasteiger partial charge in [-0.15, -0.1) is 10.2 Å². The zero-order valence-corrected chi connectivity index (χ0v) is 19.6. The summed E-state index contributed by atoms with van der Waals surface area (Å²) in [7, 11) is 5.25. The van der Waals surface area contributed by atoms with Gasteiger partial charge >= 0.3 is 0 Å². The molecule has 4 rings (SSSR count). The van der Waals surface area contributed by atoms with Gasteiger partial charge in [0.25, 0.3) is 5.56 Å². The number of carbonyl (C=O) groups excluding carboxylic acids is 1. The van der Waals surface area contributed by atoms with Gasteiger partial charge in [0.05, 0.1) is 24.2 Å². The van der Waals surface area contributed by atoms with Crippen LogP contribution in [-0.4, -0.2) is 42.9 Å². The highest BCUT2D eigenvalue weighted by atomic mass is 32.2. The molecule has 10 heteroatoms. The maximum atomic E-state index is 13.0. The van der Waals surface area contributed by atoms with Crippen molar-refractivity contribution in [2.24, 2.45) is 14.1 Å². The van der Waals surface area contributed by atoms with Crippen LogP contribution in [0.25, 0.3) is 17.1 Å². The van der Waals surface area contributed by atoms with E-state index in [1.165, 1.54) is 16.4 Å². The van der Waals surface area contributed by atoms with E-state index in [1.807, 2.05) is 66.2 Å². The highest BCUT2D eigenvalue weighted by Crippen LogP contribution is 2.24. The molecule has 1 N–H and O–H groups in total. The van der Waals surface area contributed by atoms with Gasteiger partial charge in [-0.05, 0) is 43.3 Å². The Bertz CT molecular complexity index is 1340. The van der Waals surface area contributed by atoms with E-state index in [0.717, 1.165) is 17.0 Å². The number of carbonyl (C=O) groups is 1. The number of thioether (sulfide) groups is 1. The number of aromatic nitrogens is 5. The number of hydrogen-bond acceptors (Lipinski definition) is 6. The standard InChI is InChI=1S/C23H24N6O3S/c1-15-20(22(31)29(28(15)3)17-8-6-5-7-9-17)24-19(30)14-33-23-26-25-21(27(23)2)16-10-12-18(32-4)13-11-16/h5-13H,14H2,1-4H3,(H,24,30). The second-order valence-electron chi connectivity index (χ2n) is 7.37. The van der Waals surface area contributed by atoms with Crippen LogP contribution < -0.4 is 15.6 Å². The van der Waals surface area contributed by atoms with E-state index in [9.17, 15) is 9.59 Å². The van der Waals surface area contributed by atoms with Crippen LogP contribution in [-0.2, 0) is 18.9 Å². The van der Waals surface area contributed by atoms with Crippen molar-refractivity contribution in [2.45, 2.75) is 12.1 Å². The molecular weight excluding hydrogens is 440 g/mol. The van der Waals surface area contributed by atoms with Gasteiger partial charge in [-0.2, -0.15) is 0 Å². The average Bonchev–Trinajstić information content (AvgIpc) is 3.30. The van der Waals surface area contributed by atoms with E-state index in [4.69, 9.17) is 4.74 Å². The van der Waals surface area contributed by atoms with E-state index < -0.39 is 0 Å². The van der Waals surface area contributed by atoms with Gasteiger partial charge in [0.1, 0.15) is 11.4 Å². The second-order valence-corrected chi connectivity index (χ2v) is 8.31. The summed E-state index contributed by atoms with van der Waals surface area (Å²) in [5.41, 5.74) is 2.28. The van der Waals surface area contributed by atoms with Crippen molar-refractivity contribution in [2.75, 3.05) is 18.2 Å². The van der Waals surface area contributed by atoms with Gasteiger partial charge in [0, 0.05) is 19.7 Å². The predicted molar refractivity (Wildman–Crippen MR) is 128 cm³/mol. The fraction of sp³-hybridized carbons (Fsp3) is 0.217. The lowest BCUT2D eigenvalue weighted by atomic mass is 10.2. The van der Waals surface area contributed by atoms with Crippen LogP contribution >= 0.6 is 11.8 Å². The van der Waals surface area contributed by atoms with Gasteiger partial charge in [-0.25, -0.2) is 4.68 Å². The normalized spacial score (nSPS) is 10.9. The van der Waals surface area contributed by atoms with Crippen molar-refractivity contribution >= 4 is 23.4 Å². The van der Waals surface area contributed by atoms with Crippen molar-refractivity contribution in [1.82, 2.24) is 24.1 Å². The summed E-state index contributed by atoms with van der Waals surface area (Å²) < 4.78 is 10.3. The Balaban J connectivity index is 1.47. The minimum atomic E-state index is -0.292.